The molecule has 0 spiro atoms. The van der Waals surface area contributed by atoms with Crippen molar-refractivity contribution in [2.75, 3.05) is 19.7 Å². The lowest BCUT2D eigenvalue weighted by atomic mass is 10.3. The Balaban J connectivity index is 1.58. The van der Waals surface area contributed by atoms with Crippen LogP contribution >= 0.6 is 15.9 Å². The summed E-state index contributed by atoms with van der Waals surface area (Å²) in [6, 6.07) is 11.3. The van der Waals surface area contributed by atoms with Crippen LogP contribution < -0.4 is 10.1 Å². The molecule has 1 aromatic carbocycles. The van der Waals surface area contributed by atoms with Crippen molar-refractivity contribution < 1.29 is 14.3 Å². The number of ether oxygens (including phenoxy) is 1. The van der Waals surface area contributed by atoms with Crippen LogP contribution in [0, 0.1) is 0 Å². The van der Waals surface area contributed by atoms with Gasteiger partial charge in [0.2, 0.25) is 0 Å². The van der Waals surface area contributed by atoms with Crippen molar-refractivity contribution in [1.29, 1.82) is 0 Å². The van der Waals surface area contributed by atoms with Crippen molar-refractivity contribution >= 4 is 15.9 Å². The minimum atomic E-state index is -0.532. The first-order chi connectivity index (χ1) is 9.74. The van der Waals surface area contributed by atoms with E-state index in [4.69, 9.17) is 9.15 Å². The second-order valence-electron chi connectivity index (χ2n) is 4.45. The Morgan fingerprint density at radius 2 is 2.05 bits per heavy atom. The van der Waals surface area contributed by atoms with Crippen LogP contribution in [0.3, 0.4) is 0 Å². The molecule has 0 radical (unpaired) electrons. The highest BCUT2D eigenvalue weighted by molar-refractivity contribution is 9.10. The van der Waals surface area contributed by atoms with Gasteiger partial charge in [-0.25, -0.2) is 0 Å². The molecule has 2 N–H and O–H groups in total. The molecule has 4 nitrogen and oxygen atoms in total. The van der Waals surface area contributed by atoms with E-state index in [1.165, 1.54) is 0 Å². The maximum atomic E-state index is 9.80. The molecule has 1 aromatic heterocycles. The van der Waals surface area contributed by atoms with E-state index < -0.39 is 6.10 Å². The van der Waals surface area contributed by atoms with Gasteiger partial charge in [-0.3, -0.25) is 0 Å². The summed E-state index contributed by atoms with van der Waals surface area (Å²) in [6.45, 7) is 1.54. The number of aliphatic hydroxyl groups is 1. The standard InChI is InChI=1S/C15H18BrNO3/c16-12-3-5-15(6-4-12)20-11-13(18)10-17-8-7-14-2-1-9-19-14/h1-6,9,13,17-18H,7-8,10-11H2. The number of nitrogens with one attached hydrogen (secondary N) is 1. The van der Waals surface area contributed by atoms with E-state index in [1.54, 1.807) is 6.26 Å². The fraction of sp³-hybridized carbons (Fsp3) is 0.333. The normalized spacial score (nSPS) is 12.3. The largest absolute Gasteiger partial charge is 0.491 e. The van der Waals surface area contributed by atoms with E-state index in [9.17, 15) is 5.11 Å². The zero-order valence-electron chi connectivity index (χ0n) is 11.1. The van der Waals surface area contributed by atoms with Crippen LogP contribution in [0.4, 0.5) is 0 Å². The molecule has 0 bridgehead atoms. The van der Waals surface area contributed by atoms with Crippen LogP contribution in [-0.2, 0) is 6.42 Å². The van der Waals surface area contributed by atoms with Gasteiger partial charge >= 0.3 is 0 Å². The fourth-order valence-corrected chi connectivity index (χ4v) is 1.98. The van der Waals surface area contributed by atoms with Gasteiger partial charge in [0.1, 0.15) is 24.2 Å². The van der Waals surface area contributed by atoms with Gasteiger partial charge in [0.15, 0.2) is 0 Å². The Labute approximate surface area is 126 Å². The Morgan fingerprint density at radius 1 is 1.25 bits per heavy atom. The number of hydrogen-bond acceptors (Lipinski definition) is 4. The van der Waals surface area contributed by atoms with E-state index >= 15 is 0 Å². The average Bonchev–Trinajstić information content (AvgIpc) is 2.96. The number of furan rings is 1. The summed E-state index contributed by atoms with van der Waals surface area (Å²) in [4.78, 5) is 0. The lowest BCUT2D eigenvalue weighted by Crippen LogP contribution is -2.32. The van der Waals surface area contributed by atoms with Crippen LogP contribution in [0.15, 0.2) is 51.6 Å². The minimum Gasteiger partial charge on any atom is -0.491 e. The van der Waals surface area contributed by atoms with Gasteiger partial charge in [0, 0.05) is 24.0 Å². The van der Waals surface area contributed by atoms with E-state index in [2.05, 4.69) is 21.2 Å². The maximum Gasteiger partial charge on any atom is 0.119 e. The number of rotatable bonds is 8. The third-order valence-electron chi connectivity index (χ3n) is 2.76. The smallest absolute Gasteiger partial charge is 0.119 e. The van der Waals surface area contributed by atoms with Crippen molar-refractivity contribution in [2.45, 2.75) is 12.5 Å². The Bertz CT molecular complexity index is 484. The molecular weight excluding hydrogens is 322 g/mol. The van der Waals surface area contributed by atoms with Gasteiger partial charge in [-0.2, -0.15) is 0 Å². The number of hydrogen-bond donors (Lipinski definition) is 2. The molecule has 0 amide bonds. The first kappa shape index (κ1) is 15.1. The predicted octanol–water partition coefficient (Wildman–Crippen LogP) is 2.61. The zero-order chi connectivity index (χ0) is 14.2. The van der Waals surface area contributed by atoms with Crippen molar-refractivity contribution in [3.8, 4) is 5.75 Å². The average molecular weight is 340 g/mol. The summed E-state index contributed by atoms with van der Waals surface area (Å²) >= 11 is 3.36. The molecule has 1 atom stereocenters. The first-order valence-electron chi connectivity index (χ1n) is 6.53. The van der Waals surface area contributed by atoms with Crippen LogP contribution in [0.5, 0.6) is 5.75 Å². The minimum absolute atomic E-state index is 0.273. The van der Waals surface area contributed by atoms with Crippen LogP contribution in [0.1, 0.15) is 5.76 Å². The number of benzene rings is 1. The van der Waals surface area contributed by atoms with Crippen molar-refractivity contribution in [1.82, 2.24) is 5.32 Å². The molecule has 5 heteroatoms. The third kappa shape index (κ3) is 5.36. The fourth-order valence-electron chi connectivity index (χ4n) is 1.72. The lowest BCUT2D eigenvalue weighted by molar-refractivity contribution is 0.106. The first-order valence-corrected chi connectivity index (χ1v) is 7.33. The SMILES string of the molecule is OC(CNCCc1ccco1)COc1ccc(Br)cc1. The molecular formula is C15H18BrNO3. The van der Waals surface area contributed by atoms with Gasteiger partial charge < -0.3 is 19.6 Å². The zero-order valence-corrected chi connectivity index (χ0v) is 12.7. The molecule has 0 saturated carbocycles. The Hall–Kier alpha value is -1.30. The van der Waals surface area contributed by atoms with Gasteiger partial charge in [0.05, 0.1) is 6.26 Å². The predicted molar refractivity (Wildman–Crippen MR) is 80.9 cm³/mol. The lowest BCUT2D eigenvalue weighted by Gasteiger charge is -2.13. The van der Waals surface area contributed by atoms with Gasteiger partial charge in [-0.1, -0.05) is 15.9 Å². The summed E-state index contributed by atoms with van der Waals surface area (Å²) in [5.41, 5.74) is 0. The molecule has 20 heavy (non-hydrogen) atoms. The highest BCUT2D eigenvalue weighted by Crippen LogP contribution is 2.16. The maximum absolute atomic E-state index is 9.80. The topological polar surface area (TPSA) is 54.6 Å². The number of halogens is 1. The van der Waals surface area contributed by atoms with Crippen molar-refractivity contribution in [3.63, 3.8) is 0 Å². The molecule has 0 aliphatic heterocycles. The van der Waals surface area contributed by atoms with E-state index in [1.807, 2.05) is 36.4 Å². The second kappa shape index (κ2) is 8.09. The molecule has 0 aliphatic rings. The Morgan fingerprint density at radius 3 is 2.75 bits per heavy atom. The molecule has 2 rings (SSSR count). The monoisotopic (exact) mass is 339 g/mol. The summed E-state index contributed by atoms with van der Waals surface area (Å²) in [5.74, 6) is 1.70. The van der Waals surface area contributed by atoms with Crippen molar-refractivity contribution in [3.05, 3.63) is 52.9 Å². The summed E-state index contributed by atoms with van der Waals surface area (Å²) in [7, 11) is 0. The molecule has 108 valence electrons. The molecule has 0 fully saturated rings. The van der Waals surface area contributed by atoms with Gasteiger partial charge in [-0.15, -0.1) is 0 Å². The van der Waals surface area contributed by atoms with E-state index in [0.29, 0.717) is 6.54 Å². The van der Waals surface area contributed by atoms with Gasteiger partial charge in [-0.05, 0) is 36.4 Å². The number of aliphatic hydroxyl groups excluding tert-OH is 1. The van der Waals surface area contributed by atoms with E-state index in [-0.39, 0.29) is 6.61 Å². The molecule has 1 unspecified atom stereocenters. The van der Waals surface area contributed by atoms with Crippen LogP contribution in [-0.4, -0.2) is 30.9 Å². The van der Waals surface area contributed by atoms with E-state index in [0.717, 1.165) is 28.9 Å². The molecule has 1 heterocycles. The van der Waals surface area contributed by atoms with Crippen LogP contribution in [0.25, 0.3) is 0 Å². The highest BCUT2D eigenvalue weighted by Gasteiger charge is 2.05. The van der Waals surface area contributed by atoms with Crippen LogP contribution in [0.2, 0.25) is 0 Å². The molecule has 2 aromatic rings. The molecule has 0 saturated heterocycles. The van der Waals surface area contributed by atoms with Gasteiger partial charge in [0.25, 0.3) is 0 Å². The highest BCUT2D eigenvalue weighted by atomic mass is 79.9. The third-order valence-corrected chi connectivity index (χ3v) is 3.29. The molecule has 0 aliphatic carbocycles. The quantitative estimate of drug-likeness (QED) is 0.726. The Kier molecular flexibility index (Phi) is 6.11. The van der Waals surface area contributed by atoms with Crippen molar-refractivity contribution in [2.24, 2.45) is 0 Å². The summed E-state index contributed by atoms with van der Waals surface area (Å²) < 4.78 is 11.7. The second-order valence-corrected chi connectivity index (χ2v) is 5.37. The summed E-state index contributed by atoms with van der Waals surface area (Å²) in [5, 5.41) is 13.0. The summed E-state index contributed by atoms with van der Waals surface area (Å²) in [6.07, 6.45) is 1.94.